The van der Waals surface area contributed by atoms with Gasteiger partial charge in [-0.2, -0.15) is 0 Å². The second kappa shape index (κ2) is 7.14. The van der Waals surface area contributed by atoms with E-state index < -0.39 is 5.60 Å². The molecular formula is C22H19N3O4S. The van der Waals surface area contributed by atoms with E-state index in [0.717, 1.165) is 22.5 Å². The van der Waals surface area contributed by atoms with E-state index in [-0.39, 0.29) is 18.4 Å². The second-order valence-electron chi connectivity index (χ2n) is 7.48. The molecule has 0 spiro atoms. The van der Waals surface area contributed by atoms with Crippen molar-refractivity contribution < 1.29 is 19.1 Å². The van der Waals surface area contributed by atoms with Gasteiger partial charge in [0.05, 0.1) is 5.69 Å². The minimum Gasteiger partial charge on any atom is -0.485 e. The highest BCUT2D eigenvalue weighted by Crippen LogP contribution is 2.36. The first-order chi connectivity index (χ1) is 14.5. The zero-order valence-electron chi connectivity index (χ0n) is 16.2. The first kappa shape index (κ1) is 18.6. The average molecular weight is 421 g/mol. The number of rotatable bonds is 3. The van der Waals surface area contributed by atoms with Crippen LogP contribution in [0.25, 0.3) is 11.3 Å². The average Bonchev–Trinajstić information content (AvgIpc) is 3.21. The summed E-state index contributed by atoms with van der Waals surface area (Å²) in [5.74, 6) is 0.898. The molecule has 30 heavy (non-hydrogen) atoms. The van der Waals surface area contributed by atoms with Crippen LogP contribution in [0.2, 0.25) is 0 Å². The van der Waals surface area contributed by atoms with Crippen molar-refractivity contribution in [1.29, 1.82) is 0 Å². The zero-order valence-corrected chi connectivity index (χ0v) is 17.0. The molecule has 0 saturated heterocycles. The molecule has 2 aliphatic heterocycles. The van der Waals surface area contributed by atoms with Crippen molar-refractivity contribution in [2.75, 3.05) is 17.2 Å². The first-order valence-corrected chi connectivity index (χ1v) is 10.5. The quantitative estimate of drug-likeness (QED) is 0.670. The highest BCUT2D eigenvalue weighted by molar-refractivity contribution is 7.14. The Bertz CT molecular complexity index is 1160. The summed E-state index contributed by atoms with van der Waals surface area (Å²) >= 11 is 1.35. The van der Waals surface area contributed by atoms with E-state index in [1.54, 1.807) is 13.0 Å². The van der Waals surface area contributed by atoms with E-state index in [1.165, 1.54) is 11.3 Å². The van der Waals surface area contributed by atoms with Crippen LogP contribution < -0.4 is 20.1 Å². The SMILES string of the molecule is CC1(C(=O)Nc2nc(-c3ccc4c(c3)CCC(=O)N4)cs2)COc2ccccc2O1. The van der Waals surface area contributed by atoms with Gasteiger partial charge < -0.3 is 14.8 Å². The van der Waals surface area contributed by atoms with Crippen molar-refractivity contribution in [3.05, 3.63) is 53.4 Å². The highest BCUT2D eigenvalue weighted by Gasteiger charge is 2.41. The number of carbonyl (C=O) groups excluding carboxylic acids is 2. The van der Waals surface area contributed by atoms with Gasteiger partial charge in [-0.3, -0.25) is 14.9 Å². The fraction of sp³-hybridized carbons (Fsp3) is 0.227. The molecule has 2 amide bonds. The van der Waals surface area contributed by atoms with Crippen LogP contribution >= 0.6 is 11.3 Å². The number of nitrogens with one attached hydrogen (secondary N) is 2. The van der Waals surface area contributed by atoms with Crippen LogP contribution in [-0.4, -0.2) is 29.0 Å². The second-order valence-corrected chi connectivity index (χ2v) is 8.34. The summed E-state index contributed by atoms with van der Waals surface area (Å²) in [5.41, 5.74) is 2.50. The lowest BCUT2D eigenvalue weighted by Gasteiger charge is -2.33. The van der Waals surface area contributed by atoms with Gasteiger partial charge in [0, 0.05) is 23.1 Å². The van der Waals surface area contributed by atoms with E-state index >= 15 is 0 Å². The molecule has 1 atom stereocenters. The number of anilines is 2. The van der Waals surface area contributed by atoms with Crippen LogP contribution in [0.3, 0.4) is 0 Å². The summed E-state index contributed by atoms with van der Waals surface area (Å²) in [6.45, 7) is 1.81. The summed E-state index contributed by atoms with van der Waals surface area (Å²) in [4.78, 5) is 29.0. The molecule has 7 nitrogen and oxygen atoms in total. The van der Waals surface area contributed by atoms with Gasteiger partial charge in [0.1, 0.15) is 6.61 Å². The van der Waals surface area contributed by atoms with Crippen molar-refractivity contribution in [3.63, 3.8) is 0 Å². The number of carbonyl (C=O) groups is 2. The number of aryl methyl sites for hydroxylation is 1. The number of thiazole rings is 1. The topological polar surface area (TPSA) is 89.6 Å². The predicted octanol–water partition coefficient (Wildman–Crippen LogP) is 3.86. The molecule has 2 N–H and O–H groups in total. The number of amides is 2. The van der Waals surface area contributed by atoms with Gasteiger partial charge in [0.2, 0.25) is 11.5 Å². The van der Waals surface area contributed by atoms with E-state index in [0.29, 0.717) is 29.5 Å². The Kier molecular flexibility index (Phi) is 4.43. The van der Waals surface area contributed by atoms with Crippen molar-refractivity contribution in [3.8, 4) is 22.8 Å². The number of ether oxygens (including phenoxy) is 2. The van der Waals surface area contributed by atoms with Crippen LogP contribution in [0.4, 0.5) is 10.8 Å². The lowest BCUT2D eigenvalue weighted by Crippen LogP contribution is -2.52. The minimum absolute atomic E-state index is 0.0407. The van der Waals surface area contributed by atoms with Gasteiger partial charge in [-0.15, -0.1) is 11.3 Å². The van der Waals surface area contributed by atoms with Gasteiger partial charge in [-0.05, 0) is 43.2 Å². The van der Waals surface area contributed by atoms with Crippen molar-refractivity contribution >= 4 is 34.0 Å². The molecular weight excluding hydrogens is 402 g/mol. The molecule has 2 aromatic carbocycles. The molecule has 8 heteroatoms. The molecule has 3 aromatic rings. The summed E-state index contributed by atoms with van der Waals surface area (Å²) in [6, 6.07) is 13.1. The third-order valence-electron chi connectivity index (χ3n) is 5.19. The fourth-order valence-corrected chi connectivity index (χ4v) is 4.20. The lowest BCUT2D eigenvalue weighted by molar-refractivity contribution is -0.134. The molecule has 152 valence electrons. The number of aromatic nitrogens is 1. The van der Waals surface area contributed by atoms with Crippen molar-refractivity contribution in [1.82, 2.24) is 4.98 Å². The molecule has 0 fully saturated rings. The van der Waals surface area contributed by atoms with Gasteiger partial charge in [0.15, 0.2) is 16.6 Å². The van der Waals surface area contributed by atoms with Gasteiger partial charge in [-0.1, -0.05) is 18.2 Å². The van der Waals surface area contributed by atoms with Crippen LogP contribution in [0.5, 0.6) is 11.5 Å². The van der Waals surface area contributed by atoms with Gasteiger partial charge in [-0.25, -0.2) is 4.98 Å². The molecule has 1 aromatic heterocycles. The number of hydrogen-bond donors (Lipinski definition) is 2. The minimum atomic E-state index is -1.15. The summed E-state index contributed by atoms with van der Waals surface area (Å²) in [7, 11) is 0. The monoisotopic (exact) mass is 421 g/mol. The van der Waals surface area contributed by atoms with Gasteiger partial charge in [0.25, 0.3) is 5.91 Å². The summed E-state index contributed by atoms with van der Waals surface area (Å²) in [5, 5.41) is 8.11. The maximum absolute atomic E-state index is 12.9. The number of benzene rings is 2. The zero-order chi connectivity index (χ0) is 20.7. The van der Waals surface area contributed by atoms with Crippen molar-refractivity contribution in [2.45, 2.75) is 25.4 Å². The standard InChI is InChI=1S/C22H19N3O4S/c1-22(12-28-17-4-2-3-5-18(17)29-22)20(27)25-21-24-16(11-30-21)14-6-8-15-13(10-14)7-9-19(26)23-15/h2-6,8,10-11H,7,9,12H2,1H3,(H,23,26)(H,24,25,27). The maximum atomic E-state index is 12.9. The lowest BCUT2D eigenvalue weighted by atomic mass is 9.99. The third-order valence-corrected chi connectivity index (χ3v) is 5.95. The number of nitrogens with zero attached hydrogens (tertiary/aromatic N) is 1. The van der Waals surface area contributed by atoms with Gasteiger partial charge >= 0.3 is 0 Å². The Morgan fingerprint density at radius 1 is 1.20 bits per heavy atom. The van der Waals surface area contributed by atoms with Crippen LogP contribution in [-0.2, 0) is 16.0 Å². The van der Waals surface area contributed by atoms with E-state index in [9.17, 15) is 9.59 Å². The molecule has 1 unspecified atom stereocenters. The number of para-hydroxylation sites is 2. The molecule has 0 aliphatic carbocycles. The van der Waals surface area contributed by atoms with Crippen LogP contribution in [0.1, 0.15) is 18.9 Å². The van der Waals surface area contributed by atoms with Crippen molar-refractivity contribution in [2.24, 2.45) is 0 Å². The number of fused-ring (bicyclic) bond motifs is 2. The highest BCUT2D eigenvalue weighted by atomic mass is 32.1. The first-order valence-electron chi connectivity index (χ1n) is 9.61. The van der Waals surface area contributed by atoms with E-state index in [2.05, 4.69) is 15.6 Å². The maximum Gasteiger partial charge on any atom is 0.273 e. The molecule has 0 saturated carbocycles. The molecule has 0 bridgehead atoms. The van der Waals surface area contributed by atoms with Crippen LogP contribution in [0.15, 0.2) is 47.8 Å². The number of hydrogen-bond acceptors (Lipinski definition) is 6. The van der Waals surface area contributed by atoms with E-state index in [4.69, 9.17) is 9.47 Å². The molecule has 3 heterocycles. The Morgan fingerprint density at radius 3 is 2.90 bits per heavy atom. The largest absolute Gasteiger partial charge is 0.485 e. The normalized spacial score (nSPS) is 19.6. The Labute approximate surface area is 177 Å². The Hall–Kier alpha value is -3.39. The summed E-state index contributed by atoms with van der Waals surface area (Å²) in [6.07, 6.45) is 1.19. The Morgan fingerprint density at radius 2 is 2.03 bits per heavy atom. The van der Waals surface area contributed by atoms with E-state index in [1.807, 2.05) is 41.8 Å². The fourth-order valence-electron chi connectivity index (χ4n) is 3.49. The van der Waals surface area contributed by atoms with Crippen LogP contribution in [0, 0.1) is 0 Å². The molecule has 2 aliphatic rings. The summed E-state index contributed by atoms with van der Waals surface area (Å²) < 4.78 is 11.6. The smallest absolute Gasteiger partial charge is 0.273 e. The molecule has 0 radical (unpaired) electrons. The third kappa shape index (κ3) is 3.39. The Balaban J connectivity index is 1.32. The predicted molar refractivity (Wildman–Crippen MR) is 114 cm³/mol. The molecule has 5 rings (SSSR count).